The monoisotopic (exact) mass is 188 g/mol. The minimum atomic E-state index is 0.140. The molecule has 1 aromatic carbocycles. The average molecular weight is 188 g/mol. The number of fused-ring (bicyclic) bond motifs is 1. The van der Waals surface area contributed by atoms with Crippen molar-refractivity contribution in [3.63, 3.8) is 0 Å². The summed E-state index contributed by atoms with van der Waals surface area (Å²) >= 11 is 0. The molecule has 0 aromatic heterocycles. The highest BCUT2D eigenvalue weighted by atomic mass is 16.5. The highest BCUT2D eigenvalue weighted by Crippen LogP contribution is 2.40. The van der Waals surface area contributed by atoms with Gasteiger partial charge in [0.05, 0.1) is 6.26 Å². The summed E-state index contributed by atoms with van der Waals surface area (Å²) in [7, 11) is 0. The third kappa shape index (κ3) is 1.54. The van der Waals surface area contributed by atoms with Crippen molar-refractivity contribution in [2.24, 2.45) is 5.41 Å². The zero-order chi connectivity index (χ0) is 10.2. The van der Waals surface area contributed by atoms with Crippen LogP contribution in [0.2, 0.25) is 0 Å². The normalized spacial score (nSPS) is 20.1. The van der Waals surface area contributed by atoms with E-state index in [0.717, 1.165) is 0 Å². The number of ether oxygens (including phenoxy) is 1. The number of benzene rings is 1. The topological polar surface area (TPSA) is 9.23 Å². The van der Waals surface area contributed by atoms with Crippen molar-refractivity contribution < 1.29 is 4.74 Å². The van der Waals surface area contributed by atoms with Gasteiger partial charge < -0.3 is 4.74 Å². The van der Waals surface area contributed by atoms with E-state index in [1.165, 1.54) is 11.1 Å². The molecular formula is C13H16O. The molecule has 14 heavy (non-hydrogen) atoms. The Morgan fingerprint density at radius 3 is 2.57 bits per heavy atom. The largest absolute Gasteiger partial charge is 0.493 e. The standard InChI is InChI=1S/C13H16O/c1-13(2,3)12-11-7-5-4-6-10(11)8-9-14-12/h4-9,12H,1-3H3/t12-/m0/s1. The van der Waals surface area contributed by atoms with E-state index in [4.69, 9.17) is 4.74 Å². The van der Waals surface area contributed by atoms with E-state index >= 15 is 0 Å². The Hall–Kier alpha value is -1.24. The first-order chi connectivity index (χ1) is 6.59. The van der Waals surface area contributed by atoms with Crippen LogP contribution in [-0.2, 0) is 4.74 Å². The molecule has 0 unspecified atom stereocenters. The Kier molecular flexibility index (Phi) is 2.10. The summed E-state index contributed by atoms with van der Waals surface area (Å²) in [4.78, 5) is 0. The first-order valence-electron chi connectivity index (χ1n) is 5.00. The second-order valence-electron chi connectivity index (χ2n) is 4.81. The van der Waals surface area contributed by atoms with Crippen molar-refractivity contribution in [1.29, 1.82) is 0 Å². The predicted molar refractivity (Wildman–Crippen MR) is 58.8 cm³/mol. The second kappa shape index (κ2) is 3.16. The van der Waals surface area contributed by atoms with Gasteiger partial charge in [0.2, 0.25) is 0 Å². The van der Waals surface area contributed by atoms with Gasteiger partial charge >= 0.3 is 0 Å². The van der Waals surface area contributed by atoms with Gasteiger partial charge in [0.25, 0.3) is 0 Å². The van der Waals surface area contributed by atoms with Crippen molar-refractivity contribution in [3.05, 3.63) is 41.7 Å². The van der Waals surface area contributed by atoms with Crippen LogP contribution in [0, 0.1) is 5.41 Å². The molecule has 2 rings (SSSR count). The molecule has 0 bridgehead atoms. The third-order valence-corrected chi connectivity index (χ3v) is 2.53. The maximum absolute atomic E-state index is 5.69. The van der Waals surface area contributed by atoms with E-state index < -0.39 is 0 Å². The molecule has 0 N–H and O–H groups in total. The second-order valence-corrected chi connectivity index (χ2v) is 4.81. The van der Waals surface area contributed by atoms with Crippen molar-refractivity contribution in [2.75, 3.05) is 0 Å². The molecule has 1 aliphatic heterocycles. The molecule has 1 aromatic rings. The molecule has 74 valence electrons. The maximum atomic E-state index is 5.69. The van der Waals surface area contributed by atoms with Crippen LogP contribution in [0.4, 0.5) is 0 Å². The van der Waals surface area contributed by atoms with Gasteiger partial charge in [0.15, 0.2) is 0 Å². The van der Waals surface area contributed by atoms with Crippen LogP contribution in [-0.4, -0.2) is 0 Å². The first kappa shape index (κ1) is 9.32. The predicted octanol–water partition coefficient (Wildman–Crippen LogP) is 3.77. The quantitative estimate of drug-likeness (QED) is 0.602. The Balaban J connectivity index is 2.46. The Morgan fingerprint density at radius 1 is 1.14 bits per heavy atom. The minimum absolute atomic E-state index is 0.140. The lowest BCUT2D eigenvalue weighted by molar-refractivity contribution is 0.0430. The molecule has 0 saturated carbocycles. The molecule has 0 amide bonds. The maximum Gasteiger partial charge on any atom is 0.128 e. The summed E-state index contributed by atoms with van der Waals surface area (Å²) in [6.45, 7) is 6.61. The minimum Gasteiger partial charge on any atom is -0.493 e. The lowest BCUT2D eigenvalue weighted by Crippen LogP contribution is -2.22. The smallest absolute Gasteiger partial charge is 0.128 e. The highest BCUT2D eigenvalue weighted by Gasteiger charge is 2.30. The van der Waals surface area contributed by atoms with E-state index in [0.29, 0.717) is 0 Å². The third-order valence-electron chi connectivity index (χ3n) is 2.53. The summed E-state index contributed by atoms with van der Waals surface area (Å²) in [6, 6.07) is 8.41. The molecule has 1 nitrogen and oxygen atoms in total. The van der Waals surface area contributed by atoms with Crippen molar-refractivity contribution in [3.8, 4) is 0 Å². The molecule has 1 aliphatic rings. The fourth-order valence-corrected chi connectivity index (χ4v) is 1.84. The summed E-state index contributed by atoms with van der Waals surface area (Å²) in [5.41, 5.74) is 2.71. The average Bonchev–Trinajstić information content (AvgIpc) is 2.15. The summed E-state index contributed by atoms with van der Waals surface area (Å²) in [5, 5.41) is 0. The molecule has 0 fully saturated rings. The number of hydrogen-bond acceptors (Lipinski definition) is 1. The van der Waals surface area contributed by atoms with E-state index in [1.807, 2.05) is 6.08 Å². The number of hydrogen-bond donors (Lipinski definition) is 0. The van der Waals surface area contributed by atoms with Gasteiger partial charge in [-0.1, -0.05) is 45.0 Å². The van der Waals surface area contributed by atoms with Gasteiger partial charge in [-0.2, -0.15) is 0 Å². The van der Waals surface area contributed by atoms with Crippen LogP contribution in [0.1, 0.15) is 38.0 Å². The van der Waals surface area contributed by atoms with E-state index in [2.05, 4.69) is 45.0 Å². The van der Waals surface area contributed by atoms with Crippen LogP contribution in [0.3, 0.4) is 0 Å². The molecule has 0 radical (unpaired) electrons. The zero-order valence-corrected chi connectivity index (χ0v) is 8.95. The molecule has 1 atom stereocenters. The fraction of sp³-hybridized carbons (Fsp3) is 0.385. The molecule has 1 heteroatoms. The van der Waals surface area contributed by atoms with Crippen LogP contribution < -0.4 is 0 Å². The molecule has 0 aliphatic carbocycles. The van der Waals surface area contributed by atoms with Crippen LogP contribution in [0.5, 0.6) is 0 Å². The zero-order valence-electron chi connectivity index (χ0n) is 8.95. The van der Waals surface area contributed by atoms with Gasteiger partial charge in [-0.3, -0.25) is 0 Å². The van der Waals surface area contributed by atoms with E-state index in [-0.39, 0.29) is 11.5 Å². The Labute approximate surface area is 85.4 Å². The highest BCUT2D eigenvalue weighted by molar-refractivity contribution is 5.55. The SMILES string of the molecule is CC(C)(C)[C@H]1OC=Cc2ccccc21. The van der Waals surface area contributed by atoms with Crippen molar-refractivity contribution >= 4 is 6.08 Å². The Morgan fingerprint density at radius 2 is 1.86 bits per heavy atom. The molecule has 1 heterocycles. The molecule has 0 saturated heterocycles. The van der Waals surface area contributed by atoms with Crippen LogP contribution >= 0.6 is 0 Å². The van der Waals surface area contributed by atoms with Crippen molar-refractivity contribution in [1.82, 2.24) is 0 Å². The van der Waals surface area contributed by atoms with Gasteiger partial charge in [-0.05, 0) is 11.6 Å². The molecule has 0 spiro atoms. The van der Waals surface area contributed by atoms with Gasteiger partial charge in [-0.15, -0.1) is 0 Å². The lowest BCUT2D eigenvalue weighted by atomic mass is 9.82. The Bertz CT molecular complexity index is 358. The summed E-state index contributed by atoms with van der Waals surface area (Å²) < 4.78 is 5.69. The van der Waals surface area contributed by atoms with Gasteiger partial charge in [0, 0.05) is 11.0 Å². The number of rotatable bonds is 0. The van der Waals surface area contributed by atoms with E-state index in [9.17, 15) is 0 Å². The van der Waals surface area contributed by atoms with Crippen LogP contribution in [0.25, 0.3) is 6.08 Å². The fourth-order valence-electron chi connectivity index (χ4n) is 1.84. The van der Waals surface area contributed by atoms with Crippen molar-refractivity contribution in [2.45, 2.75) is 26.9 Å². The summed E-state index contributed by atoms with van der Waals surface area (Å²) in [5.74, 6) is 0. The van der Waals surface area contributed by atoms with Gasteiger partial charge in [0.1, 0.15) is 6.10 Å². The van der Waals surface area contributed by atoms with E-state index in [1.54, 1.807) is 6.26 Å². The van der Waals surface area contributed by atoms with Crippen LogP contribution in [0.15, 0.2) is 30.5 Å². The molecular weight excluding hydrogens is 172 g/mol. The van der Waals surface area contributed by atoms with Gasteiger partial charge in [-0.25, -0.2) is 0 Å². The first-order valence-corrected chi connectivity index (χ1v) is 5.00. The lowest BCUT2D eigenvalue weighted by Gasteiger charge is -2.33. The summed E-state index contributed by atoms with van der Waals surface area (Å²) in [6.07, 6.45) is 4.00.